The summed E-state index contributed by atoms with van der Waals surface area (Å²) in [4.78, 5) is 17.4. The molecule has 2 aromatic rings. The maximum atomic E-state index is 13.0. The standard InChI is InChI=1S/C20H25F3N4O3/c1-11-7-16(17-9-26(19(28)29)12(2)10-30-17)27-18(24-11)8-15(25-27)13-3-5-14(6-4-13)20(21,22)23/h7-8,12-14,17H,3-6,9-10H2,1-2H3,(H,28,29)/t12-,13?,14?,17+/m0/s1. The van der Waals surface area contributed by atoms with E-state index in [1.807, 2.05) is 19.1 Å². The van der Waals surface area contributed by atoms with Crippen LogP contribution in [-0.2, 0) is 4.74 Å². The first kappa shape index (κ1) is 20.9. The van der Waals surface area contributed by atoms with E-state index >= 15 is 0 Å². The van der Waals surface area contributed by atoms with Crippen molar-refractivity contribution < 1.29 is 27.8 Å². The second-order valence-corrected chi connectivity index (χ2v) is 8.36. The van der Waals surface area contributed by atoms with E-state index in [0.29, 0.717) is 24.2 Å². The van der Waals surface area contributed by atoms with Crippen molar-refractivity contribution in [2.75, 3.05) is 13.2 Å². The number of aryl methyl sites for hydroxylation is 1. The van der Waals surface area contributed by atoms with Gasteiger partial charge in [0.05, 0.1) is 36.5 Å². The number of alkyl halides is 3. The summed E-state index contributed by atoms with van der Waals surface area (Å²) in [6.45, 7) is 4.09. The zero-order chi connectivity index (χ0) is 21.6. The molecular weight excluding hydrogens is 401 g/mol. The molecule has 2 atom stereocenters. The van der Waals surface area contributed by atoms with Crippen molar-refractivity contribution >= 4 is 11.7 Å². The molecule has 10 heteroatoms. The molecule has 1 saturated heterocycles. The third kappa shape index (κ3) is 3.97. The van der Waals surface area contributed by atoms with E-state index in [4.69, 9.17) is 4.74 Å². The fourth-order valence-electron chi connectivity index (χ4n) is 4.49. The molecule has 0 aromatic carbocycles. The highest BCUT2D eigenvalue weighted by Gasteiger charge is 2.42. The van der Waals surface area contributed by atoms with Gasteiger partial charge in [0, 0.05) is 17.7 Å². The molecule has 1 amide bonds. The first-order valence-corrected chi connectivity index (χ1v) is 10.2. The summed E-state index contributed by atoms with van der Waals surface area (Å²) in [5.41, 5.74) is 2.77. The molecule has 0 bridgehead atoms. The number of rotatable bonds is 2. The van der Waals surface area contributed by atoms with E-state index < -0.39 is 24.3 Å². The summed E-state index contributed by atoms with van der Waals surface area (Å²) < 4.78 is 46.5. The van der Waals surface area contributed by atoms with Gasteiger partial charge in [0.2, 0.25) is 0 Å². The Labute approximate surface area is 171 Å². The predicted octanol–water partition coefficient (Wildman–Crippen LogP) is 4.31. The van der Waals surface area contributed by atoms with Gasteiger partial charge in [-0.1, -0.05) is 0 Å². The van der Waals surface area contributed by atoms with Crippen LogP contribution in [0.25, 0.3) is 5.65 Å². The molecule has 2 aromatic heterocycles. The number of carboxylic acid groups (broad SMARTS) is 1. The molecular formula is C20H25F3N4O3. The van der Waals surface area contributed by atoms with Crippen molar-refractivity contribution in [1.82, 2.24) is 19.5 Å². The number of halogens is 3. The highest BCUT2D eigenvalue weighted by Crippen LogP contribution is 2.42. The molecule has 1 N–H and O–H groups in total. The van der Waals surface area contributed by atoms with Gasteiger partial charge in [-0.05, 0) is 45.6 Å². The highest BCUT2D eigenvalue weighted by molar-refractivity contribution is 5.65. The number of ether oxygens (including phenoxy) is 1. The molecule has 7 nitrogen and oxygen atoms in total. The topological polar surface area (TPSA) is 80.0 Å². The van der Waals surface area contributed by atoms with Crippen LogP contribution in [0.5, 0.6) is 0 Å². The van der Waals surface area contributed by atoms with Gasteiger partial charge >= 0.3 is 12.3 Å². The minimum atomic E-state index is -4.14. The Morgan fingerprint density at radius 3 is 2.57 bits per heavy atom. The van der Waals surface area contributed by atoms with Crippen LogP contribution < -0.4 is 0 Å². The minimum absolute atomic E-state index is 0.0405. The lowest BCUT2D eigenvalue weighted by Crippen LogP contribution is -2.48. The molecule has 2 fully saturated rings. The first-order chi connectivity index (χ1) is 14.1. The van der Waals surface area contributed by atoms with Gasteiger partial charge in [-0.2, -0.15) is 18.3 Å². The lowest BCUT2D eigenvalue weighted by molar-refractivity contribution is -0.182. The van der Waals surface area contributed by atoms with Crippen molar-refractivity contribution in [2.45, 2.75) is 63.8 Å². The predicted molar refractivity (Wildman–Crippen MR) is 101 cm³/mol. The van der Waals surface area contributed by atoms with Crippen LogP contribution in [0.15, 0.2) is 12.1 Å². The minimum Gasteiger partial charge on any atom is -0.465 e. The fourth-order valence-corrected chi connectivity index (χ4v) is 4.49. The maximum absolute atomic E-state index is 13.0. The molecule has 164 valence electrons. The van der Waals surface area contributed by atoms with Crippen LogP contribution in [0.4, 0.5) is 18.0 Å². The number of hydrogen-bond acceptors (Lipinski definition) is 4. The number of fused-ring (bicyclic) bond motifs is 1. The van der Waals surface area contributed by atoms with Crippen molar-refractivity contribution in [1.29, 1.82) is 0 Å². The van der Waals surface area contributed by atoms with Crippen molar-refractivity contribution in [3.05, 3.63) is 29.2 Å². The summed E-state index contributed by atoms with van der Waals surface area (Å²) in [7, 11) is 0. The number of hydrogen-bond donors (Lipinski definition) is 1. The zero-order valence-corrected chi connectivity index (χ0v) is 16.9. The van der Waals surface area contributed by atoms with Crippen molar-refractivity contribution in [3.8, 4) is 0 Å². The molecule has 0 spiro atoms. The fraction of sp³-hybridized carbons (Fsp3) is 0.650. The maximum Gasteiger partial charge on any atom is 0.407 e. The highest BCUT2D eigenvalue weighted by atomic mass is 19.4. The van der Waals surface area contributed by atoms with Crippen LogP contribution in [0.1, 0.15) is 61.7 Å². The second kappa shape index (κ2) is 7.72. The lowest BCUT2D eigenvalue weighted by atomic mass is 9.80. The Balaban J connectivity index is 1.60. The molecule has 1 aliphatic carbocycles. The van der Waals surface area contributed by atoms with Crippen LogP contribution in [0.3, 0.4) is 0 Å². The Bertz CT molecular complexity index is 937. The molecule has 30 heavy (non-hydrogen) atoms. The lowest BCUT2D eigenvalue weighted by Gasteiger charge is -2.36. The molecule has 2 aliphatic rings. The number of aromatic nitrogens is 3. The Hall–Kier alpha value is -2.36. The van der Waals surface area contributed by atoms with E-state index in [1.54, 1.807) is 11.4 Å². The van der Waals surface area contributed by atoms with Gasteiger partial charge in [0.1, 0.15) is 6.10 Å². The van der Waals surface area contributed by atoms with Gasteiger partial charge in [0.15, 0.2) is 5.65 Å². The summed E-state index contributed by atoms with van der Waals surface area (Å²) in [6.07, 6.45) is -4.53. The second-order valence-electron chi connectivity index (χ2n) is 8.36. The average molecular weight is 426 g/mol. The average Bonchev–Trinajstić information content (AvgIpc) is 3.11. The van der Waals surface area contributed by atoms with E-state index in [9.17, 15) is 23.1 Å². The smallest absolute Gasteiger partial charge is 0.407 e. The quantitative estimate of drug-likeness (QED) is 0.774. The van der Waals surface area contributed by atoms with E-state index in [2.05, 4.69) is 10.1 Å². The molecule has 1 saturated carbocycles. The zero-order valence-electron chi connectivity index (χ0n) is 16.9. The number of amides is 1. The number of nitrogens with zero attached hydrogens (tertiary/aromatic N) is 4. The third-order valence-corrected chi connectivity index (χ3v) is 6.22. The molecule has 4 rings (SSSR count). The van der Waals surface area contributed by atoms with Gasteiger partial charge in [-0.15, -0.1) is 0 Å². The number of morpholine rings is 1. The Kier molecular flexibility index (Phi) is 5.37. The normalized spacial score (nSPS) is 28.1. The SMILES string of the molecule is Cc1cc([C@H]2CN(C(=O)O)[C@@H](C)CO2)n2nc(C3CCC(C(F)(F)F)CC3)cc2n1. The largest absolute Gasteiger partial charge is 0.465 e. The van der Waals surface area contributed by atoms with Crippen molar-refractivity contribution in [3.63, 3.8) is 0 Å². The third-order valence-electron chi connectivity index (χ3n) is 6.22. The molecule has 1 aliphatic heterocycles. The van der Waals surface area contributed by atoms with Gasteiger partial charge in [-0.3, -0.25) is 0 Å². The van der Waals surface area contributed by atoms with Gasteiger partial charge in [-0.25, -0.2) is 14.3 Å². The van der Waals surface area contributed by atoms with Crippen LogP contribution in [0, 0.1) is 12.8 Å². The molecule has 3 heterocycles. The summed E-state index contributed by atoms with van der Waals surface area (Å²) in [6, 6.07) is 3.41. The monoisotopic (exact) mass is 426 g/mol. The van der Waals surface area contributed by atoms with E-state index in [1.165, 1.54) is 4.90 Å². The summed E-state index contributed by atoms with van der Waals surface area (Å²) in [5.74, 6) is -1.28. The first-order valence-electron chi connectivity index (χ1n) is 10.2. The van der Waals surface area contributed by atoms with E-state index in [0.717, 1.165) is 11.4 Å². The van der Waals surface area contributed by atoms with Crippen LogP contribution >= 0.6 is 0 Å². The van der Waals surface area contributed by atoms with Gasteiger partial charge < -0.3 is 14.7 Å². The molecule has 0 unspecified atom stereocenters. The molecule has 0 radical (unpaired) electrons. The van der Waals surface area contributed by atoms with Crippen LogP contribution in [-0.4, -0.2) is 56.1 Å². The van der Waals surface area contributed by atoms with Crippen LogP contribution in [0.2, 0.25) is 0 Å². The van der Waals surface area contributed by atoms with Gasteiger partial charge in [0.25, 0.3) is 0 Å². The van der Waals surface area contributed by atoms with E-state index in [-0.39, 0.29) is 38.0 Å². The van der Waals surface area contributed by atoms with Crippen molar-refractivity contribution in [2.24, 2.45) is 5.92 Å². The summed E-state index contributed by atoms with van der Waals surface area (Å²) >= 11 is 0. The number of carbonyl (C=O) groups is 1. The Morgan fingerprint density at radius 1 is 1.23 bits per heavy atom. The summed E-state index contributed by atoms with van der Waals surface area (Å²) in [5, 5.41) is 14.1. The Morgan fingerprint density at radius 2 is 1.93 bits per heavy atom.